The summed E-state index contributed by atoms with van der Waals surface area (Å²) in [7, 11) is -4.26. The van der Waals surface area contributed by atoms with Crippen LogP contribution in [0.4, 0.5) is 0 Å². The molecule has 0 saturated heterocycles. The molecule has 0 rings (SSSR count). The molecule has 7 N–H and O–H groups in total. The smallest absolute Gasteiger partial charge is 0.344 e. The Labute approximate surface area is 94.3 Å². The fourth-order valence-electron chi connectivity index (χ4n) is 0.476. The van der Waals surface area contributed by atoms with Crippen LogP contribution in [-0.2, 0) is 23.4 Å². The highest BCUT2D eigenvalue weighted by Crippen LogP contribution is 2.43. The second-order valence-electron chi connectivity index (χ2n) is 2.28. The standard InChI is InChI=1S/C7H13O6P.2H3N/c1-3-5-7(8)12-13-14(9,10)11-6-4-2;;/h3,5H,4,6H2,1-2H3,(H,9,10);2*1H3. The van der Waals surface area contributed by atoms with Crippen molar-refractivity contribution in [2.24, 2.45) is 0 Å². The summed E-state index contributed by atoms with van der Waals surface area (Å²) in [4.78, 5) is 23.5. The molecule has 9 heteroatoms. The van der Waals surface area contributed by atoms with Crippen LogP contribution < -0.4 is 12.3 Å². The predicted octanol–water partition coefficient (Wildman–Crippen LogP) is 1.89. The Morgan fingerprint density at radius 2 is 2.00 bits per heavy atom. The van der Waals surface area contributed by atoms with Gasteiger partial charge in [-0.3, -0.25) is 9.41 Å². The van der Waals surface area contributed by atoms with Gasteiger partial charge in [-0.15, -0.1) is 0 Å². The Bertz CT molecular complexity index is 257. The van der Waals surface area contributed by atoms with Crippen molar-refractivity contribution in [2.45, 2.75) is 20.3 Å². The fourth-order valence-corrected chi connectivity index (χ4v) is 1.10. The SMILES string of the molecule is CC=CC(=O)OOP(=O)(O)OCCC.N.N. The molecule has 0 saturated carbocycles. The van der Waals surface area contributed by atoms with Gasteiger partial charge in [-0.1, -0.05) is 17.7 Å². The second-order valence-corrected chi connectivity index (χ2v) is 3.62. The average Bonchev–Trinajstić information content (AvgIpc) is 2.13. The van der Waals surface area contributed by atoms with Gasteiger partial charge >= 0.3 is 13.8 Å². The quantitative estimate of drug-likeness (QED) is 0.282. The lowest BCUT2D eigenvalue weighted by molar-refractivity contribution is -0.217. The van der Waals surface area contributed by atoms with Crippen LogP contribution in [0.5, 0.6) is 0 Å². The van der Waals surface area contributed by atoms with Crippen molar-refractivity contribution >= 4 is 13.8 Å². The Morgan fingerprint density at radius 1 is 1.44 bits per heavy atom. The molecule has 0 radical (unpaired) electrons. The van der Waals surface area contributed by atoms with Gasteiger partial charge in [-0.05, 0) is 13.3 Å². The van der Waals surface area contributed by atoms with Crippen LogP contribution in [0.25, 0.3) is 0 Å². The third-order valence-corrected chi connectivity index (χ3v) is 1.75. The lowest BCUT2D eigenvalue weighted by atomic mass is 10.5. The topological polar surface area (TPSA) is 152 Å². The summed E-state index contributed by atoms with van der Waals surface area (Å²) in [5.41, 5.74) is 0. The second kappa shape index (κ2) is 10.7. The highest BCUT2D eigenvalue weighted by molar-refractivity contribution is 7.47. The summed E-state index contributed by atoms with van der Waals surface area (Å²) >= 11 is 0. The summed E-state index contributed by atoms with van der Waals surface area (Å²) in [5.74, 6) is -0.873. The molecule has 1 unspecified atom stereocenters. The monoisotopic (exact) mass is 258 g/mol. The molecule has 0 aliphatic rings. The minimum atomic E-state index is -4.26. The van der Waals surface area contributed by atoms with Crippen LogP contribution in [0, 0.1) is 0 Å². The van der Waals surface area contributed by atoms with Crippen molar-refractivity contribution in [1.82, 2.24) is 12.3 Å². The minimum Gasteiger partial charge on any atom is -0.344 e. The third-order valence-electron chi connectivity index (χ3n) is 0.975. The van der Waals surface area contributed by atoms with Gasteiger partial charge in [0, 0.05) is 6.08 Å². The summed E-state index contributed by atoms with van der Waals surface area (Å²) in [6, 6.07) is 0. The number of hydrogen-bond acceptors (Lipinski definition) is 7. The van der Waals surface area contributed by atoms with Crippen molar-refractivity contribution in [3.05, 3.63) is 12.2 Å². The summed E-state index contributed by atoms with van der Waals surface area (Å²) in [6.45, 7) is 3.40. The van der Waals surface area contributed by atoms with E-state index in [0.717, 1.165) is 6.08 Å². The van der Waals surface area contributed by atoms with Crippen LogP contribution in [0.15, 0.2) is 12.2 Å². The molecule has 0 amide bonds. The Hall–Kier alpha value is -0.760. The van der Waals surface area contributed by atoms with Gasteiger partial charge < -0.3 is 17.2 Å². The molecule has 16 heavy (non-hydrogen) atoms. The van der Waals surface area contributed by atoms with Crippen molar-refractivity contribution in [2.75, 3.05) is 6.61 Å². The third kappa shape index (κ3) is 11.3. The van der Waals surface area contributed by atoms with E-state index in [-0.39, 0.29) is 18.9 Å². The molecule has 0 aromatic carbocycles. The first kappa shape index (κ1) is 20.6. The van der Waals surface area contributed by atoms with E-state index < -0.39 is 13.8 Å². The van der Waals surface area contributed by atoms with Crippen molar-refractivity contribution in [3.8, 4) is 0 Å². The Kier molecular flexibility index (Phi) is 13.9. The van der Waals surface area contributed by atoms with Gasteiger partial charge in [-0.2, -0.15) is 0 Å². The number of carbonyl (C=O) groups excluding carboxylic acids is 1. The number of phosphoric ester groups is 1. The van der Waals surface area contributed by atoms with Crippen LogP contribution in [0.3, 0.4) is 0 Å². The van der Waals surface area contributed by atoms with Crippen LogP contribution in [0.1, 0.15) is 20.3 Å². The maximum atomic E-state index is 10.9. The molecule has 1 atom stereocenters. The van der Waals surface area contributed by atoms with E-state index in [1.807, 2.05) is 0 Å². The maximum Gasteiger partial charge on any atom is 0.508 e. The Balaban J connectivity index is -0.000000845. The average molecular weight is 258 g/mol. The summed E-state index contributed by atoms with van der Waals surface area (Å²) < 4.78 is 19.2. The maximum absolute atomic E-state index is 10.9. The van der Waals surface area contributed by atoms with Gasteiger partial charge in [0.2, 0.25) is 0 Å². The van der Waals surface area contributed by atoms with Crippen LogP contribution in [0.2, 0.25) is 0 Å². The molecule has 8 nitrogen and oxygen atoms in total. The molecule has 0 aromatic heterocycles. The molecule has 0 aromatic rings. The molecule has 0 bridgehead atoms. The zero-order valence-corrected chi connectivity index (χ0v) is 10.3. The number of allylic oxidation sites excluding steroid dienone is 1. The highest BCUT2D eigenvalue weighted by Gasteiger charge is 2.23. The molecular weight excluding hydrogens is 239 g/mol. The van der Waals surface area contributed by atoms with E-state index >= 15 is 0 Å². The van der Waals surface area contributed by atoms with Gasteiger partial charge in [-0.25, -0.2) is 9.36 Å². The molecular formula is C7H19N2O6P. The van der Waals surface area contributed by atoms with Gasteiger partial charge in [0.25, 0.3) is 0 Å². The first-order chi connectivity index (χ1) is 6.52. The highest BCUT2D eigenvalue weighted by atomic mass is 31.2. The lowest BCUT2D eigenvalue weighted by Crippen LogP contribution is -2.02. The van der Waals surface area contributed by atoms with E-state index in [1.165, 1.54) is 6.08 Å². The van der Waals surface area contributed by atoms with E-state index in [9.17, 15) is 9.36 Å². The van der Waals surface area contributed by atoms with Crippen LogP contribution in [-0.4, -0.2) is 17.5 Å². The number of phosphoric acid groups is 1. The van der Waals surface area contributed by atoms with E-state index in [1.54, 1.807) is 13.8 Å². The van der Waals surface area contributed by atoms with Crippen molar-refractivity contribution in [3.63, 3.8) is 0 Å². The van der Waals surface area contributed by atoms with Crippen molar-refractivity contribution < 1.29 is 28.3 Å². The first-order valence-corrected chi connectivity index (χ1v) is 5.51. The van der Waals surface area contributed by atoms with E-state index in [0.29, 0.717) is 6.42 Å². The van der Waals surface area contributed by atoms with E-state index in [2.05, 4.69) is 14.1 Å². The fraction of sp³-hybridized carbons (Fsp3) is 0.571. The predicted molar refractivity (Wildman–Crippen MR) is 58.1 cm³/mol. The van der Waals surface area contributed by atoms with Gasteiger partial charge in [0.05, 0.1) is 6.61 Å². The summed E-state index contributed by atoms with van der Waals surface area (Å²) in [6.07, 6.45) is 3.00. The zero-order valence-electron chi connectivity index (χ0n) is 9.42. The Morgan fingerprint density at radius 3 is 2.44 bits per heavy atom. The molecule has 0 fully saturated rings. The first-order valence-electron chi connectivity index (χ1n) is 4.02. The summed E-state index contributed by atoms with van der Waals surface area (Å²) in [5, 5.41) is 0. The number of hydrogen-bond donors (Lipinski definition) is 3. The molecule has 0 heterocycles. The largest absolute Gasteiger partial charge is 0.508 e. The zero-order chi connectivity index (χ0) is 11.0. The molecule has 0 aliphatic heterocycles. The minimum absolute atomic E-state index is 0. The van der Waals surface area contributed by atoms with Gasteiger partial charge in [0.15, 0.2) is 0 Å². The number of rotatable bonds is 6. The van der Waals surface area contributed by atoms with Crippen molar-refractivity contribution in [1.29, 1.82) is 0 Å². The van der Waals surface area contributed by atoms with E-state index in [4.69, 9.17) is 4.89 Å². The normalized spacial score (nSPS) is 13.4. The molecule has 0 aliphatic carbocycles. The molecule has 0 spiro atoms. The number of carbonyl (C=O) groups is 1. The lowest BCUT2D eigenvalue weighted by Gasteiger charge is -2.08. The van der Waals surface area contributed by atoms with Gasteiger partial charge in [0.1, 0.15) is 0 Å². The molecule has 98 valence electrons. The van der Waals surface area contributed by atoms with Crippen LogP contribution >= 0.6 is 7.82 Å².